The van der Waals surface area contributed by atoms with Crippen LogP contribution in [0.15, 0.2) is 60.8 Å². The predicted molar refractivity (Wildman–Crippen MR) is 210 cm³/mol. The van der Waals surface area contributed by atoms with Gasteiger partial charge in [0.05, 0.1) is 26.4 Å². The average molecular weight is 741 g/mol. The summed E-state index contributed by atoms with van der Waals surface area (Å²) in [6.45, 7) is 3.29. The van der Waals surface area contributed by atoms with E-state index in [0.29, 0.717) is 13.0 Å². The van der Waals surface area contributed by atoms with E-state index in [1.807, 2.05) is 0 Å². The van der Waals surface area contributed by atoms with Crippen LogP contribution in [0.2, 0.25) is 0 Å². The van der Waals surface area contributed by atoms with Crippen molar-refractivity contribution in [2.45, 2.75) is 161 Å². The van der Waals surface area contributed by atoms with Gasteiger partial charge in [-0.05, 0) is 77.0 Å². The molecule has 3 atom stereocenters. The molecule has 0 aromatic rings. The number of hydrogen-bond donors (Lipinski definition) is 3. The number of phosphoric ester groups is 1. The molecule has 51 heavy (non-hydrogen) atoms. The van der Waals surface area contributed by atoms with Crippen LogP contribution in [0.5, 0.6) is 0 Å². The number of carbonyl (C=O) groups is 1. The maximum absolute atomic E-state index is 12.6. The molecule has 0 bridgehead atoms. The fraction of sp³-hybridized carbons (Fsp3) is 0.732. The molecule has 0 aliphatic carbocycles. The Bertz CT molecular complexity index is 976. The summed E-state index contributed by atoms with van der Waals surface area (Å²) in [7, 11) is -4.53. The largest absolute Gasteiger partial charge is 0.472 e. The molecule has 0 aliphatic rings. The molecular formula is C41H73O9P. The van der Waals surface area contributed by atoms with Crippen LogP contribution in [0, 0.1) is 0 Å². The number of phosphoric acid groups is 1. The molecule has 0 saturated heterocycles. The minimum absolute atomic E-state index is 0.0256. The fourth-order valence-corrected chi connectivity index (χ4v) is 5.72. The highest BCUT2D eigenvalue weighted by atomic mass is 31.2. The predicted octanol–water partition coefficient (Wildman–Crippen LogP) is 10.4. The number of aliphatic hydroxyl groups is 2. The molecule has 0 saturated carbocycles. The molecule has 0 spiro atoms. The molecule has 3 N–H and O–H groups in total. The zero-order valence-electron chi connectivity index (χ0n) is 32.1. The topological polar surface area (TPSA) is 132 Å². The van der Waals surface area contributed by atoms with E-state index in [0.717, 1.165) is 89.9 Å². The highest BCUT2D eigenvalue weighted by Gasteiger charge is 2.26. The lowest BCUT2D eigenvalue weighted by Crippen LogP contribution is -2.29. The van der Waals surface area contributed by atoms with E-state index in [-0.39, 0.29) is 13.0 Å². The van der Waals surface area contributed by atoms with Crippen molar-refractivity contribution in [1.29, 1.82) is 0 Å². The smallest absolute Gasteiger partial charge is 0.457 e. The van der Waals surface area contributed by atoms with Crippen LogP contribution in [0.25, 0.3) is 0 Å². The summed E-state index contributed by atoms with van der Waals surface area (Å²) >= 11 is 0. The molecule has 0 aromatic heterocycles. The lowest BCUT2D eigenvalue weighted by atomic mass is 10.1. The van der Waals surface area contributed by atoms with E-state index in [9.17, 15) is 19.4 Å². The van der Waals surface area contributed by atoms with Crippen molar-refractivity contribution in [3.8, 4) is 0 Å². The van der Waals surface area contributed by atoms with Gasteiger partial charge in [0.2, 0.25) is 0 Å². The van der Waals surface area contributed by atoms with Gasteiger partial charge in [-0.25, -0.2) is 4.57 Å². The molecule has 0 radical (unpaired) electrons. The zero-order chi connectivity index (χ0) is 37.5. The van der Waals surface area contributed by atoms with Crippen LogP contribution in [-0.2, 0) is 27.9 Å². The number of allylic oxidation sites excluding steroid dienone is 10. The van der Waals surface area contributed by atoms with Crippen LogP contribution in [-0.4, -0.2) is 66.3 Å². The number of aliphatic hydroxyl groups excluding tert-OH is 2. The third kappa shape index (κ3) is 37.7. The van der Waals surface area contributed by atoms with Crippen molar-refractivity contribution in [3.63, 3.8) is 0 Å². The molecule has 0 aliphatic heterocycles. The van der Waals surface area contributed by atoms with Gasteiger partial charge < -0.3 is 24.6 Å². The zero-order valence-corrected chi connectivity index (χ0v) is 32.9. The Kier molecular flexibility index (Phi) is 36.5. The second-order valence-corrected chi connectivity index (χ2v) is 14.4. The first kappa shape index (κ1) is 49.2. The number of rotatable bonds is 37. The van der Waals surface area contributed by atoms with Gasteiger partial charge in [-0.3, -0.25) is 13.8 Å². The molecule has 3 unspecified atom stereocenters. The van der Waals surface area contributed by atoms with Crippen LogP contribution >= 0.6 is 7.82 Å². The number of esters is 1. The van der Waals surface area contributed by atoms with E-state index in [1.54, 1.807) is 0 Å². The second kappa shape index (κ2) is 37.9. The van der Waals surface area contributed by atoms with Gasteiger partial charge in [-0.1, -0.05) is 126 Å². The number of hydrogen-bond acceptors (Lipinski definition) is 8. The van der Waals surface area contributed by atoms with E-state index in [2.05, 4.69) is 74.6 Å². The summed E-state index contributed by atoms with van der Waals surface area (Å²) in [6.07, 6.45) is 41.8. The van der Waals surface area contributed by atoms with Crippen molar-refractivity contribution in [1.82, 2.24) is 0 Å². The molecule has 0 fully saturated rings. The third-order valence-corrected chi connectivity index (χ3v) is 8.89. The Hall–Kier alpha value is -1.84. The number of carbonyl (C=O) groups excluding carboxylic acids is 1. The Morgan fingerprint density at radius 3 is 1.69 bits per heavy atom. The van der Waals surface area contributed by atoms with Crippen LogP contribution in [0.3, 0.4) is 0 Å². The molecule has 296 valence electrons. The molecule has 0 heterocycles. The van der Waals surface area contributed by atoms with Gasteiger partial charge >= 0.3 is 13.8 Å². The SMILES string of the molecule is CC/C=C\C/C=C\C/C=C\CCCCCCOCC(COP(=O)(O)OCC(O)CO)OC(=O)CCCCCCC/C=C\C/C=C\CCCCCC. The van der Waals surface area contributed by atoms with Crippen molar-refractivity contribution in [2.75, 3.05) is 33.0 Å². The standard InChI is InChI=1S/C41H73O9P/c1-3-5-7-9-11-13-15-17-19-20-21-23-25-27-29-31-33-41(44)50-40(38-49-51(45,46)48-36-39(43)35-42)37-47-34-32-30-28-26-24-22-18-16-14-12-10-8-6-4-2/h6,8,12-15,18-20,22,39-40,42-43H,3-5,7,9-11,16-17,21,23-38H2,1-2H3,(H,45,46)/b8-6-,14-12-,15-13-,20-19-,22-18-. The lowest BCUT2D eigenvalue weighted by molar-refractivity contribution is -0.154. The van der Waals surface area contributed by atoms with E-state index < -0.39 is 45.8 Å². The minimum Gasteiger partial charge on any atom is -0.457 e. The lowest BCUT2D eigenvalue weighted by Gasteiger charge is -2.20. The fourth-order valence-electron chi connectivity index (χ4n) is 4.93. The van der Waals surface area contributed by atoms with E-state index >= 15 is 0 Å². The highest BCUT2D eigenvalue weighted by molar-refractivity contribution is 7.47. The van der Waals surface area contributed by atoms with Crippen LogP contribution in [0.4, 0.5) is 0 Å². The van der Waals surface area contributed by atoms with Crippen molar-refractivity contribution in [3.05, 3.63) is 60.8 Å². The van der Waals surface area contributed by atoms with Gasteiger partial charge in [-0.2, -0.15) is 0 Å². The normalized spacial score (nSPS) is 14.8. The summed E-state index contributed by atoms with van der Waals surface area (Å²) < 4.78 is 33.2. The number of unbranched alkanes of at least 4 members (excludes halogenated alkanes) is 13. The maximum atomic E-state index is 12.6. The Morgan fingerprint density at radius 1 is 0.627 bits per heavy atom. The average Bonchev–Trinajstić information content (AvgIpc) is 3.12. The quantitative estimate of drug-likeness (QED) is 0.0246. The van der Waals surface area contributed by atoms with Gasteiger partial charge in [0.1, 0.15) is 12.2 Å². The van der Waals surface area contributed by atoms with Crippen LogP contribution in [0.1, 0.15) is 149 Å². The monoisotopic (exact) mass is 740 g/mol. The van der Waals surface area contributed by atoms with E-state index in [1.165, 1.54) is 32.1 Å². The molecule has 0 aromatic carbocycles. The van der Waals surface area contributed by atoms with E-state index in [4.69, 9.17) is 23.6 Å². The summed E-state index contributed by atoms with van der Waals surface area (Å²) in [5, 5.41) is 18.3. The van der Waals surface area contributed by atoms with Gasteiger partial charge in [0.25, 0.3) is 0 Å². The molecule has 0 rings (SSSR count). The first-order valence-electron chi connectivity index (χ1n) is 19.8. The summed E-state index contributed by atoms with van der Waals surface area (Å²) in [4.78, 5) is 22.5. The first-order chi connectivity index (χ1) is 24.8. The Morgan fingerprint density at radius 2 is 1.12 bits per heavy atom. The van der Waals surface area contributed by atoms with Crippen molar-refractivity contribution < 1.29 is 43.0 Å². The summed E-state index contributed by atoms with van der Waals surface area (Å²) in [6, 6.07) is 0. The second-order valence-electron chi connectivity index (χ2n) is 12.9. The van der Waals surface area contributed by atoms with Crippen molar-refractivity contribution in [2.24, 2.45) is 0 Å². The third-order valence-electron chi connectivity index (χ3n) is 7.94. The van der Waals surface area contributed by atoms with Crippen molar-refractivity contribution >= 4 is 13.8 Å². The highest BCUT2D eigenvalue weighted by Crippen LogP contribution is 2.43. The van der Waals surface area contributed by atoms with Gasteiger partial charge in [0.15, 0.2) is 0 Å². The Labute approximate surface area is 310 Å². The molecule has 10 heteroatoms. The van der Waals surface area contributed by atoms with Crippen LogP contribution < -0.4 is 0 Å². The van der Waals surface area contributed by atoms with Gasteiger partial charge in [0, 0.05) is 13.0 Å². The molecule has 9 nitrogen and oxygen atoms in total. The molecule has 0 amide bonds. The Balaban J connectivity index is 4.30. The summed E-state index contributed by atoms with van der Waals surface area (Å²) in [5.41, 5.74) is 0. The first-order valence-corrected chi connectivity index (χ1v) is 21.3. The minimum atomic E-state index is -4.53. The summed E-state index contributed by atoms with van der Waals surface area (Å²) in [5.74, 6) is -0.408. The van der Waals surface area contributed by atoms with Gasteiger partial charge in [-0.15, -0.1) is 0 Å². The molecular weight excluding hydrogens is 667 g/mol. The maximum Gasteiger partial charge on any atom is 0.472 e. The number of ether oxygens (including phenoxy) is 2.